The molecule has 4 rings (SSSR count). The third kappa shape index (κ3) is 3.43. The third-order valence-corrected chi connectivity index (χ3v) is 4.56. The Bertz CT molecular complexity index is 1060. The van der Waals surface area contributed by atoms with Crippen LogP contribution in [0.15, 0.2) is 60.8 Å². The van der Waals surface area contributed by atoms with Crippen molar-refractivity contribution in [2.75, 3.05) is 5.32 Å². The maximum atomic E-state index is 12.0. The van der Waals surface area contributed by atoms with E-state index in [-0.39, 0.29) is 6.61 Å². The minimum atomic E-state index is -0.523. The summed E-state index contributed by atoms with van der Waals surface area (Å²) in [4.78, 5) is 19.6. The zero-order chi connectivity index (χ0) is 17.2. The fourth-order valence-corrected chi connectivity index (χ4v) is 3.19. The van der Waals surface area contributed by atoms with Gasteiger partial charge in [0.25, 0.3) is 0 Å². The highest BCUT2D eigenvalue weighted by atomic mass is 127. The van der Waals surface area contributed by atoms with Gasteiger partial charge in [0.05, 0.1) is 11.7 Å². The zero-order valence-corrected chi connectivity index (χ0v) is 15.3. The Labute approximate surface area is 157 Å². The lowest BCUT2D eigenvalue weighted by molar-refractivity contribution is 0.155. The molecule has 0 aliphatic heterocycles. The van der Waals surface area contributed by atoms with Crippen LogP contribution in [0.3, 0.4) is 0 Å². The van der Waals surface area contributed by atoms with Crippen molar-refractivity contribution in [3.8, 4) is 0 Å². The number of benzene rings is 2. The van der Waals surface area contributed by atoms with Gasteiger partial charge in [0.2, 0.25) is 0 Å². The Hall–Kier alpha value is -2.61. The molecule has 1 amide bonds. The number of rotatable bonds is 3. The van der Waals surface area contributed by atoms with E-state index in [9.17, 15) is 4.79 Å². The van der Waals surface area contributed by atoms with Gasteiger partial charge in [-0.15, -0.1) is 0 Å². The molecule has 0 atom stereocenters. The second-order valence-corrected chi connectivity index (χ2v) is 6.86. The summed E-state index contributed by atoms with van der Waals surface area (Å²) in [5.41, 5.74) is 2.91. The van der Waals surface area contributed by atoms with Crippen LogP contribution < -0.4 is 5.32 Å². The lowest BCUT2D eigenvalue weighted by Gasteiger charge is -2.06. The van der Waals surface area contributed by atoms with E-state index in [1.54, 1.807) is 6.20 Å². The molecule has 0 saturated carbocycles. The molecular formula is C19H14IN3O2. The summed E-state index contributed by atoms with van der Waals surface area (Å²) in [6.07, 6.45) is 1.19. The van der Waals surface area contributed by atoms with E-state index in [0.29, 0.717) is 5.82 Å². The average molecular weight is 443 g/mol. The van der Waals surface area contributed by atoms with Gasteiger partial charge >= 0.3 is 6.09 Å². The van der Waals surface area contributed by atoms with Crippen molar-refractivity contribution >= 4 is 56.3 Å². The van der Waals surface area contributed by atoms with Gasteiger partial charge < -0.3 is 9.72 Å². The highest BCUT2D eigenvalue weighted by Gasteiger charge is 2.09. The van der Waals surface area contributed by atoms with Crippen LogP contribution in [0, 0.1) is 3.57 Å². The highest BCUT2D eigenvalue weighted by molar-refractivity contribution is 14.1. The number of nitrogens with one attached hydrogen (secondary N) is 2. The van der Waals surface area contributed by atoms with Crippen LogP contribution in [0.25, 0.3) is 21.8 Å². The molecule has 5 nitrogen and oxygen atoms in total. The summed E-state index contributed by atoms with van der Waals surface area (Å²) in [5, 5.41) is 4.80. The molecule has 0 unspecified atom stereocenters. The number of anilines is 1. The molecule has 4 aromatic rings. The van der Waals surface area contributed by atoms with Gasteiger partial charge in [-0.3, -0.25) is 5.32 Å². The fourth-order valence-electron chi connectivity index (χ4n) is 2.70. The van der Waals surface area contributed by atoms with Crippen LogP contribution >= 0.6 is 22.6 Å². The molecule has 2 N–H and O–H groups in total. The molecule has 2 aromatic carbocycles. The molecule has 0 aliphatic rings. The first-order valence-corrected chi connectivity index (χ1v) is 8.81. The third-order valence-electron chi connectivity index (χ3n) is 3.89. The Kier molecular flexibility index (Phi) is 4.27. The van der Waals surface area contributed by atoms with Crippen LogP contribution in [0.5, 0.6) is 0 Å². The van der Waals surface area contributed by atoms with Crippen LogP contribution in [0.1, 0.15) is 5.56 Å². The van der Waals surface area contributed by atoms with Gasteiger partial charge in [0.1, 0.15) is 12.4 Å². The van der Waals surface area contributed by atoms with E-state index in [2.05, 4.69) is 43.9 Å². The van der Waals surface area contributed by atoms with Crippen molar-refractivity contribution in [3.63, 3.8) is 0 Å². The predicted molar refractivity (Wildman–Crippen MR) is 107 cm³/mol. The monoisotopic (exact) mass is 443 g/mol. The van der Waals surface area contributed by atoms with Crippen molar-refractivity contribution < 1.29 is 9.53 Å². The van der Waals surface area contributed by atoms with Crippen molar-refractivity contribution in [2.45, 2.75) is 6.61 Å². The maximum absolute atomic E-state index is 12.0. The second-order valence-electron chi connectivity index (χ2n) is 5.62. The molecule has 25 heavy (non-hydrogen) atoms. The first kappa shape index (κ1) is 15.9. The number of pyridine rings is 1. The number of H-pyrrole nitrogens is 1. The Balaban J connectivity index is 1.54. The molecule has 0 fully saturated rings. The van der Waals surface area contributed by atoms with Crippen molar-refractivity contribution in [2.24, 2.45) is 0 Å². The number of fused-ring (bicyclic) bond motifs is 3. The van der Waals surface area contributed by atoms with Gasteiger partial charge in [0, 0.05) is 19.9 Å². The van der Waals surface area contributed by atoms with Gasteiger partial charge in [-0.05, 0) is 52.4 Å². The van der Waals surface area contributed by atoms with Crippen LogP contribution in [-0.4, -0.2) is 16.1 Å². The number of halogens is 1. The number of aromatic nitrogens is 2. The highest BCUT2D eigenvalue weighted by Crippen LogP contribution is 2.27. The van der Waals surface area contributed by atoms with E-state index >= 15 is 0 Å². The molecule has 2 heterocycles. The van der Waals surface area contributed by atoms with Gasteiger partial charge in [0.15, 0.2) is 0 Å². The summed E-state index contributed by atoms with van der Waals surface area (Å²) >= 11 is 2.28. The molecule has 0 radical (unpaired) electrons. The Morgan fingerprint density at radius 2 is 1.88 bits per heavy atom. The number of amides is 1. The number of hydrogen-bond acceptors (Lipinski definition) is 3. The summed E-state index contributed by atoms with van der Waals surface area (Å²) in [6.45, 7) is 0.222. The first-order valence-electron chi connectivity index (χ1n) is 7.74. The van der Waals surface area contributed by atoms with E-state index in [0.717, 1.165) is 30.9 Å². The van der Waals surface area contributed by atoms with Gasteiger partial charge in [-0.25, -0.2) is 9.78 Å². The number of carbonyl (C=O) groups excluding carboxylic acids is 1. The van der Waals surface area contributed by atoms with Gasteiger partial charge in [-0.1, -0.05) is 30.3 Å². The lowest BCUT2D eigenvalue weighted by atomic mass is 10.2. The zero-order valence-electron chi connectivity index (χ0n) is 13.1. The minimum Gasteiger partial charge on any atom is -0.444 e. The smallest absolute Gasteiger partial charge is 0.413 e. The summed E-state index contributed by atoms with van der Waals surface area (Å²) in [6, 6.07) is 17.6. The van der Waals surface area contributed by atoms with Crippen molar-refractivity contribution in [1.82, 2.24) is 9.97 Å². The molecule has 124 valence electrons. The molecule has 0 saturated heterocycles. The largest absolute Gasteiger partial charge is 0.444 e. The van der Waals surface area contributed by atoms with E-state index in [4.69, 9.17) is 4.74 Å². The summed E-state index contributed by atoms with van der Waals surface area (Å²) in [5.74, 6) is 0.463. The number of hydrogen-bond donors (Lipinski definition) is 2. The van der Waals surface area contributed by atoms with Crippen LogP contribution in [-0.2, 0) is 11.3 Å². The normalized spacial score (nSPS) is 10.9. The van der Waals surface area contributed by atoms with Crippen molar-refractivity contribution in [3.05, 3.63) is 69.9 Å². The SMILES string of the molecule is O=C(Nc1cc2c(cn1)[nH]c1ccc(I)cc12)OCc1ccccc1. The van der Waals surface area contributed by atoms with E-state index in [1.165, 1.54) is 0 Å². The molecule has 6 heteroatoms. The van der Waals surface area contributed by atoms with Gasteiger partial charge in [-0.2, -0.15) is 0 Å². The summed E-state index contributed by atoms with van der Waals surface area (Å²) < 4.78 is 6.39. The van der Waals surface area contributed by atoms with E-state index in [1.807, 2.05) is 48.5 Å². The Morgan fingerprint density at radius 3 is 2.72 bits per heavy atom. The summed E-state index contributed by atoms with van der Waals surface area (Å²) in [7, 11) is 0. The minimum absolute atomic E-state index is 0.222. The second kappa shape index (κ2) is 6.72. The molecule has 0 aliphatic carbocycles. The molecule has 2 aromatic heterocycles. The molecular weight excluding hydrogens is 429 g/mol. The lowest BCUT2D eigenvalue weighted by Crippen LogP contribution is -2.14. The molecule has 0 bridgehead atoms. The molecule has 0 spiro atoms. The number of aromatic amines is 1. The number of nitrogens with zero attached hydrogens (tertiary/aromatic N) is 1. The van der Waals surface area contributed by atoms with Crippen LogP contribution in [0.2, 0.25) is 0 Å². The predicted octanol–water partition coefficient (Wildman–Crippen LogP) is 5.07. The number of ether oxygens (including phenoxy) is 1. The van der Waals surface area contributed by atoms with Crippen molar-refractivity contribution in [1.29, 1.82) is 0 Å². The van der Waals surface area contributed by atoms with E-state index < -0.39 is 6.09 Å². The topological polar surface area (TPSA) is 67.0 Å². The fraction of sp³-hybridized carbons (Fsp3) is 0.0526. The Morgan fingerprint density at radius 1 is 1.08 bits per heavy atom. The number of carbonyl (C=O) groups is 1. The average Bonchev–Trinajstić information content (AvgIpc) is 2.98. The standard InChI is InChI=1S/C19H14IN3O2/c20-13-6-7-16-14(8-13)15-9-18(21-10-17(15)22-16)23-19(24)25-11-12-4-2-1-3-5-12/h1-10,22H,11H2,(H,21,23,24). The maximum Gasteiger partial charge on any atom is 0.413 e. The van der Waals surface area contributed by atoms with Crippen LogP contribution in [0.4, 0.5) is 10.6 Å². The quantitative estimate of drug-likeness (QED) is 0.435. The first-order chi connectivity index (χ1) is 12.2.